The zero-order chi connectivity index (χ0) is 10.3. The van der Waals surface area contributed by atoms with Crippen LogP contribution in [-0.2, 0) is 9.84 Å². The Kier molecular flexibility index (Phi) is 6.33. The van der Waals surface area contributed by atoms with Crippen LogP contribution < -0.4 is 5.32 Å². The van der Waals surface area contributed by atoms with Gasteiger partial charge in [0, 0.05) is 5.75 Å². The van der Waals surface area contributed by atoms with Crippen LogP contribution in [0.15, 0.2) is 0 Å². The molecule has 0 rings (SSSR count). The van der Waals surface area contributed by atoms with Crippen molar-refractivity contribution >= 4 is 9.84 Å². The van der Waals surface area contributed by atoms with Crippen LogP contribution in [0.25, 0.3) is 0 Å². The van der Waals surface area contributed by atoms with E-state index in [4.69, 9.17) is 0 Å². The third-order valence-electron chi connectivity index (χ3n) is 1.80. The van der Waals surface area contributed by atoms with Gasteiger partial charge in [0.1, 0.15) is 9.84 Å². The maximum Gasteiger partial charge on any atom is 0.150 e. The number of hydrogen-bond acceptors (Lipinski definition) is 3. The summed E-state index contributed by atoms with van der Waals surface area (Å²) in [5.74, 6) is 1.20. The summed E-state index contributed by atoms with van der Waals surface area (Å²) in [4.78, 5) is 0. The third kappa shape index (κ3) is 8.25. The lowest BCUT2D eigenvalue weighted by atomic mass is 10.2. The minimum Gasteiger partial charge on any atom is -0.316 e. The van der Waals surface area contributed by atoms with Gasteiger partial charge >= 0.3 is 0 Å². The van der Waals surface area contributed by atoms with E-state index >= 15 is 0 Å². The number of hydrogen-bond donors (Lipinski definition) is 1. The molecular formula is C9H21NO2S. The average molecular weight is 207 g/mol. The van der Waals surface area contributed by atoms with E-state index in [1.54, 1.807) is 6.92 Å². The summed E-state index contributed by atoms with van der Waals surface area (Å²) in [5, 5.41) is 3.22. The molecule has 0 spiro atoms. The molecule has 0 saturated heterocycles. The van der Waals surface area contributed by atoms with Gasteiger partial charge in [0.25, 0.3) is 0 Å². The Morgan fingerprint density at radius 3 is 2.38 bits per heavy atom. The molecule has 0 unspecified atom stereocenters. The van der Waals surface area contributed by atoms with Crippen molar-refractivity contribution in [2.24, 2.45) is 5.92 Å². The van der Waals surface area contributed by atoms with E-state index in [9.17, 15) is 8.42 Å². The predicted octanol–water partition coefficient (Wildman–Crippen LogP) is 1.06. The normalized spacial score (nSPS) is 12.3. The molecule has 0 aliphatic carbocycles. The quantitative estimate of drug-likeness (QED) is 0.635. The third-order valence-corrected chi connectivity index (χ3v) is 3.59. The van der Waals surface area contributed by atoms with Gasteiger partial charge in [-0.15, -0.1) is 0 Å². The maximum atomic E-state index is 11.1. The second kappa shape index (κ2) is 6.38. The zero-order valence-electron chi connectivity index (χ0n) is 8.84. The summed E-state index contributed by atoms with van der Waals surface area (Å²) < 4.78 is 22.1. The van der Waals surface area contributed by atoms with E-state index in [0.717, 1.165) is 19.5 Å². The topological polar surface area (TPSA) is 46.2 Å². The molecule has 80 valence electrons. The zero-order valence-corrected chi connectivity index (χ0v) is 9.65. The predicted molar refractivity (Wildman–Crippen MR) is 56.7 cm³/mol. The Morgan fingerprint density at radius 2 is 1.92 bits per heavy atom. The number of rotatable bonds is 7. The van der Waals surface area contributed by atoms with Crippen molar-refractivity contribution in [2.45, 2.75) is 27.2 Å². The summed E-state index contributed by atoms with van der Waals surface area (Å²) in [6, 6.07) is 0. The monoisotopic (exact) mass is 207 g/mol. The van der Waals surface area contributed by atoms with Crippen LogP contribution in [0, 0.1) is 5.92 Å². The first-order valence-corrected chi connectivity index (χ1v) is 6.71. The maximum absolute atomic E-state index is 11.1. The lowest BCUT2D eigenvalue weighted by Gasteiger charge is -2.06. The van der Waals surface area contributed by atoms with E-state index in [1.807, 2.05) is 0 Å². The molecule has 0 bridgehead atoms. The van der Waals surface area contributed by atoms with Crippen LogP contribution in [0.5, 0.6) is 0 Å². The Balaban J connectivity index is 3.37. The molecule has 1 N–H and O–H groups in total. The second-order valence-corrected chi connectivity index (χ2v) is 6.16. The smallest absolute Gasteiger partial charge is 0.150 e. The van der Waals surface area contributed by atoms with E-state index in [2.05, 4.69) is 19.2 Å². The minimum absolute atomic E-state index is 0.261. The van der Waals surface area contributed by atoms with E-state index in [1.165, 1.54) is 0 Å². The standard InChI is InChI=1S/C9H21NO2S/c1-4-13(11,12)7-5-6-10-8-9(2)3/h9-10H,4-8H2,1-3H3. The van der Waals surface area contributed by atoms with Crippen LogP contribution in [0.4, 0.5) is 0 Å². The average Bonchev–Trinajstić information content (AvgIpc) is 2.03. The van der Waals surface area contributed by atoms with Crippen molar-refractivity contribution < 1.29 is 8.42 Å². The molecule has 0 aromatic heterocycles. The first-order chi connectivity index (χ1) is 5.98. The Hall–Kier alpha value is -0.0900. The van der Waals surface area contributed by atoms with E-state index < -0.39 is 9.84 Å². The second-order valence-electron chi connectivity index (χ2n) is 3.69. The van der Waals surface area contributed by atoms with Crippen molar-refractivity contribution in [3.05, 3.63) is 0 Å². The molecular weight excluding hydrogens is 186 g/mol. The van der Waals surface area contributed by atoms with Crippen LogP contribution in [0.2, 0.25) is 0 Å². The van der Waals surface area contributed by atoms with Gasteiger partial charge in [-0.25, -0.2) is 8.42 Å². The summed E-state index contributed by atoms with van der Waals surface area (Å²) >= 11 is 0. The van der Waals surface area contributed by atoms with Gasteiger partial charge in [0.15, 0.2) is 0 Å². The van der Waals surface area contributed by atoms with Crippen molar-refractivity contribution in [1.82, 2.24) is 5.32 Å². The largest absolute Gasteiger partial charge is 0.316 e. The van der Waals surface area contributed by atoms with Crippen molar-refractivity contribution in [2.75, 3.05) is 24.6 Å². The molecule has 0 saturated carbocycles. The molecule has 0 heterocycles. The molecule has 0 aromatic carbocycles. The Bertz CT molecular complexity index is 210. The molecule has 3 nitrogen and oxygen atoms in total. The lowest BCUT2D eigenvalue weighted by Crippen LogP contribution is -2.23. The molecule has 4 heteroatoms. The lowest BCUT2D eigenvalue weighted by molar-refractivity contribution is 0.547. The summed E-state index contributed by atoms with van der Waals surface area (Å²) in [5.41, 5.74) is 0. The molecule has 0 amide bonds. The first-order valence-electron chi connectivity index (χ1n) is 4.89. The van der Waals surface area contributed by atoms with Gasteiger partial charge in [-0.1, -0.05) is 20.8 Å². The fourth-order valence-corrected chi connectivity index (χ4v) is 1.82. The molecule has 0 atom stereocenters. The molecule has 0 radical (unpaired) electrons. The van der Waals surface area contributed by atoms with Crippen LogP contribution in [0.3, 0.4) is 0 Å². The number of nitrogens with one attached hydrogen (secondary N) is 1. The van der Waals surface area contributed by atoms with Gasteiger partial charge in [-0.05, 0) is 25.4 Å². The highest BCUT2D eigenvalue weighted by Crippen LogP contribution is 1.93. The van der Waals surface area contributed by atoms with Crippen LogP contribution >= 0.6 is 0 Å². The highest BCUT2D eigenvalue weighted by Gasteiger charge is 2.05. The van der Waals surface area contributed by atoms with Gasteiger partial charge in [0.2, 0.25) is 0 Å². The molecule has 0 aliphatic heterocycles. The summed E-state index contributed by atoms with van der Waals surface area (Å²) in [6.45, 7) is 7.73. The summed E-state index contributed by atoms with van der Waals surface area (Å²) in [6.07, 6.45) is 0.725. The van der Waals surface area contributed by atoms with Crippen molar-refractivity contribution in [1.29, 1.82) is 0 Å². The van der Waals surface area contributed by atoms with Gasteiger partial charge in [0.05, 0.1) is 5.75 Å². The molecule has 0 fully saturated rings. The van der Waals surface area contributed by atoms with E-state index in [-0.39, 0.29) is 5.75 Å². The number of sulfone groups is 1. The van der Waals surface area contributed by atoms with Gasteiger partial charge < -0.3 is 5.32 Å². The summed E-state index contributed by atoms with van der Waals surface area (Å²) in [7, 11) is -2.76. The minimum atomic E-state index is -2.76. The van der Waals surface area contributed by atoms with Crippen molar-refractivity contribution in [3.8, 4) is 0 Å². The Morgan fingerprint density at radius 1 is 1.31 bits per heavy atom. The first kappa shape index (κ1) is 12.9. The van der Waals surface area contributed by atoms with E-state index in [0.29, 0.717) is 11.7 Å². The van der Waals surface area contributed by atoms with Crippen LogP contribution in [0.1, 0.15) is 27.2 Å². The highest BCUT2D eigenvalue weighted by atomic mass is 32.2. The molecule has 13 heavy (non-hydrogen) atoms. The van der Waals surface area contributed by atoms with Gasteiger partial charge in [-0.3, -0.25) is 0 Å². The highest BCUT2D eigenvalue weighted by molar-refractivity contribution is 7.91. The molecule has 0 aliphatic rings. The molecule has 0 aromatic rings. The Labute approximate surface area is 81.8 Å². The fourth-order valence-electron chi connectivity index (χ4n) is 0.952. The van der Waals surface area contributed by atoms with Crippen LogP contribution in [-0.4, -0.2) is 33.0 Å². The fraction of sp³-hybridized carbons (Fsp3) is 1.00. The van der Waals surface area contributed by atoms with Gasteiger partial charge in [-0.2, -0.15) is 0 Å². The SMILES string of the molecule is CCS(=O)(=O)CCCNCC(C)C. The van der Waals surface area contributed by atoms with Crippen molar-refractivity contribution in [3.63, 3.8) is 0 Å².